The molecule has 0 bridgehead atoms. The van der Waals surface area contributed by atoms with Crippen LogP contribution in [-0.4, -0.2) is 53.8 Å². The highest BCUT2D eigenvalue weighted by molar-refractivity contribution is 5.85. The van der Waals surface area contributed by atoms with Crippen molar-refractivity contribution in [3.63, 3.8) is 0 Å². The van der Waals surface area contributed by atoms with E-state index in [0.29, 0.717) is 13.1 Å². The quantitative estimate of drug-likeness (QED) is 0.836. The number of nitrogens with two attached hydrogens (primary N) is 1. The molecule has 128 valence electrons. The van der Waals surface area contributed by atoms with Gasteiger partial charge in [-0.15, -0.1) is 12.4 Å². The first kappa shape index (κ1) is 19.2. The summed E-state index contributed by atoms with van der Waals surface area (Å²) >= 11 is 0. The van der Waals surface area contributed by atoms with Gasteiger partial charge in [0, 0.05) is 44.1 Å². The largest absolute Gasteiger partial charge is 0.341 e. The van der Waals surface area contributed by atoms with E-state index in [9.17, 15) is 9.59 Å². The van der Waals surface area contributed by atoms with Crippen LogP contribution in [0.2, 0.25) is 0 Å². The van der Waals surface area contributed by atoms with Crippen molar-refractivity contribution in [2.24, 2.45) is 17.6 Å². The lowest BCUT2D eigenvalue weighted by Crippen LogP contribution is -2.43. The Morgan fingerprint density at radius 1 is 1.00 bits per heavy atom. The van der Waals surface area contributed by atoms with Crippen LogP contribution in [-0.2, 0) is 9.59 Å². The van der Waals surface area contributed by atoms with Crippen molar-refractivity contribution < 1.29 is 9.59 Å². The van der Waals surface area contributed by atoms with E-state index in [0.717, 1.165) is 45.2 Å². The summed E-state index contributed by atoms with van der Waals surface area (Å²) in [5.74, 6) is 0.581. The van der Waals surface area contributed by atoms with Gasteiger partial charge < -0.3 is 15.5 Å². The lowest BCUT2D eigenvalue weighted by atomic mass is 9.85. The molecule has 1 saturated heterocycles. The number of amides is 2. The second-order valence-corrected chi connectivity index (χ2v) is 6.78. The van der Waals surface area contributed by atoms with Crippen molar-refractivity contribution in [3.8, 4) is 0 Å². The summed E-state index contributed by atoms with van der Waals surface area (Å²) in [5.41, 5.74) is 5.99. The molecule has 2 amide bonds. The molecule has 1 heterocycles. The highest BCUT2D eigenvalue weighted by Gasteiger charge is 2.30. The molecule has 1 saturated carbocycles. The molecule has 0 aromatic rings. The number of nitrogens with zero attached hydrogens (tertiary/aromatic N) is 2. The van der Waals surface area contributed by atoms with Crippen molar-refractivity contribution in [1.29, 1.82) is 0 Å². The van der Waals surface area contributed by atoms with Crippen LogP contribution in [0, 0.1) is 11.8 Å². The molecule has 0 radical (unpaired) electrons. The Balaban J connectivity index is 0.00000242. The fourth-order valence-corrected chi connectivity index (χ4v) is 3.43. The van der Waals surface area contributed by atoms with Gasteiger partial charge in [-0.05, 0) is 25.7 Å². The lowest BCUT2D eigenvalue weighted by Gasteiger charge is -2.31. The van der Waals surface area contributed by atoms with Gasteiger partial charge in [-0.25, -0.2) is 0 Å². The highest BCUT2D eigenvalue weighted by atomic mass is 35.5. The number of rotatable bonds is 2. The van der Waals surface area contributed by atoms with Gasteiger partial charge in [0.15, 0.2) is 0 Å². The summed E-state index contributed by atoms with van der Waals surface area (Å²) in [4.78, 5) is 28.6. The summed E-state index contributed by atoms with van der Waals surface area (Å²) in [6, 6.07) is 0.179. The maximum absolute atomic E-state index is 12.6. The van der Waals surface area contributed by atoms with Crippen LogP contribution in [0.1, 0.15) is 46.0 Å². The molecule has 5 nitrogen and oxygen atoms in total. The highest BCUT2D eigenvalue weighted by Crippen LogP contribution is 2.25. The third-order valence-corrected chi connectivity index (χ3v) is 4.68. The van der Waals surface area contributed by atoms with Crippen molar-refractivity contribution >= 4 is 24.2 Å². The monoisotopic (exact) mass is 331 g/mol. The SMILES string of the molecule is CC(C)C(=O)N1CCCN(C(=O)C2CCCC(N)C2)CC1.Cl. The first-order valence-corrected chi connectivity index (χ1v) is 8.32. The maximum atomic E-state index is 12.6. The zero-order valence-electron chi connectivity index (χ0n) is 13.8. The second-order valence-electron chi connectivity index (χ2n) is 6.78. The smallest absolute Gasteiger partial charge is 0.225 e. The van der Waals surface area contributed by atoms with E-state index >= 15 is 0 Å². The molecule has 6 heteroatoms. The van der Waals surface area contributed by atoms with Crippen LogP contribution in [0.3, 0.4) is 0 Å². The summed E-state index contributed by atoms with van der Waals surface area (Å²) < 4.78 is 0. The van der Waals surface area contributed by atoms with E-state index in [1.807, 2.05) is 23.6 Å². The number of carbonyl (C=O) groups excluding carboxylic acids is 2. The van der Waals surface area contributed by atoms with E-state index < -0.39 is 0 Å². The molecular formula is C16H30ClN3O2. The van der Waals surface area contributed by atoms with Crippen molar-refractivity contribution in [2.75, 3.05) is 26.2 Å². The molecular weight excluding hydrogens is 302 g/mol. The van der Waals surface area contributed by atoms with Crippen LogP contribution in [0.5, 0.6) is 0 Å². The second kappa shape index (κ2) is 8.73. The average molecular weight is 332 g/mol. The predicted octanol–water partition coefficient (Wildman–Crippen LogP) is 1.64. The third-order valence-electron chi connectivity index (χ3n) is 4.68. The average Bonchev–Trinajstić information content (AvgIpc) is 2.71. The molecule has 2 aliphatic rings. The minimum absolute atomic E-state index is 0. The van der Waals surface area contributed by atoms with Crippen molar-refractivity contribution in [3.05, 3.63) is 0 Å². The number of halogens is 1. The first-order chi connectivity index (χ1) is 9.99. The predicted molar refractivity (Wildman–Crippen MR) is 89.8 cm³/mol. The Bertz CT molecular complexity index is 390. The number of carbonyl (C=O) groups is 2. The Kier molecular flexibility index (Phi) is 7.63. The molecule has 1 aliphatic heterocycles. The zero-order chi connectivity index (χ0) is 15.4. The van der Waals surface area contributed by atoms with Gasteiger partial charge in [0.2, 0.25) is 11.8 Å². The zero-order valence-corrected chi connectivity index (χ0v) is 14.6. The van der Waals surface area contributed by atoms with E-state index in [4.69, 9.17) is 5.73 Å². The van der Waals surface area contributed by atoms with Gasteiger partial charge in [-0.1, -0.05) is 20.3 Å². The van der Waals surface area contributed by atoms with Crippen LogP contribution in [0.25, 0.3) is 0 Å². The van der Waals surface area contributed by atoms with Crippen LogP contribution in [0.4, 0.5) is 0 Å². The van der Waals surface area contributed by atoms with Crippen molar-refractivity contribution in [2.45, 2.75) is 52.0 Å². The van der Waals surface area contributed by atoms with Crippen LogP contribution < -0.4 is 5.73 Å². The first-order valence-electron chi connectivity index (χ1n) is 8.32. The summed E-state index contributed by atoms with van der Waals surface area (Å²) in [6.07, 6.45) is 4.77. The van der Waals surface area contributed by atoms with Gasteiger partial charge in [-0.2, -0.15) is 0 Å². The van der Waals surface area contributed by atoms with E-state index in [-0.39, 0.29) is 42.1 Å². The molecule has 0 spiro atoms. The molecule has 0 aromatic carbocycles. The van der Waals surface area contributed by atoms with E-state index in [2.05, 4.69) is 0 Å². The van der Waals surface area contributed by atoms with Gasteiger partial charge >= 0.3 is 0 Å². The van der Waals surface area contributed by atoms with Gasteiger partial charge in [0.05, 0.1) is 0 Å². The Labute approximate surface area is 140 Å². The topological polar surface area (TPSA) is 66.6 Å². The third kappa shape index (κ3) is 4.85. The van der Waals surface area contributed by atoms with Crippen LogP contribution in [0.15, 0.2) is 0 Å². The molecule has 2 atom stereocenters. The molecule has 0 aromatic heterocycles. The molecule has 2 N–H and O–H groups in total. The molecule has 2 fully saturated rings. The lowest BCUT2D eigenvalue weighted by molar-refractivity contribution is -0.138. The Morgan fingerprint density at radius 3 is 2.27 bits per heavy atom. The fourth-order valence-electron chi connectivity index (χ4n) is 3.43. The maximum Gasteiger partial charge on any atom is 0.225 e. The van der Waals surface area contributed by atoms with Gasteiger partial charge in [0.1, 0.15) is 0 Å². The van der Waals surface area contributed by atoms with E-state index in [1.165, 1.54) is 0 Å². The minimum Gasteiger partial charge on any atom is -0.341 e. The molecule has 22 heavy (non-hydrogen) atoms. The normalized spacial score (nSPS) is 26.4. The Hall–Kier alpha value is -0.810. The van der Waals surface area contributed by atoms with Crippen LogP contribution >= 0.6 is 12.4 Å². The fraction of sp³-hybridized carbons (Fsp3) is 0.875. The standard InChI is InChI=1S/C16H29N3O2.ClH/c1-12(2)15(20)18-7-4-8-19(10-9-18)16(21)13-5-3-6-14(17)11-13;/h12-14H,3-11,17H2,1-2H3;1H. The Morgan fingerprint density at radius 2 is 1.64 bits per heavy atom. The molecule has 2 unspecified atom stereocenters. The molecule has 2 rings (SSSR count). The molecule has 1 aliphatic carbocycles. The summed E-state index contributed by atoms with van der Waals surface area (Å²) in [6.45, 7) is 6.74. The van der Waals surface area contributed by atoms with Gasteiger partial charge in [0.25, 0.3) is 0 Å². The minimum atomic E-state index is 0. The summed E-state index contributed by atoms with van der Waals surface area (Å²) in [5, 5.41) is 0. The number of hydrogen-bond donors (Lipinski definition) is 1. The summed E-state index contributed by atoms with van der Waals surface area (Å²) in [7, 11) is 0. The number of hydrogen-bond acceptors (Lipinski definition) is 3. The van der Waals surface area contributed by atoms with Gasteiger partial charge in [-0.3, -0.25) is 9.59 Å². The van der Waals surface area contributed by atoms with Crippen molar-refractivity contribution in [1.82, 2.24) is 9.80 Å². The van der Waals surface area contributed by atoms with E-state index in [1.54, 1.807) is 0 Å².